The third kappa shape index (κ3) is 7.03. The zero-order valence-electron chi connectivity index (χ0n) is 26.6. The molecular formula is C34H42FN3O8S2. The first-order valence-electron chi connectivity index (χ1n) is 16.1. The average Bonchev–Trinajstić information content (AvgIpc) is 3.83. The molecule has 0 aromatic heterocycles. The number of sulfone groups is 1. The van der Waals surface area contributed by atoms with Crippen molar-refractivity contribution in [1.29, 1.82) is 0 Å². The van der Waals surface area contributed by atoms with E-state index in [2.05, 4.69) is 5.32 Å². The highest BCUT2D eigenvalue weighted by atomic mass is 32.2. The summed E-state index contributed by atoms with van der Waals surface area (Å²) >= 11 is 0. The highest BCUT2D eigenvalue weighted by molar-refractivity contribution is 7.93. The quantitative estimate of drug-likeness (QED) is 0.208. The number of benzene rings is 3. The van der Waals surface area contributed by atoms with Crippen molar-refractivity contribution in [1.82, 2.24) is 9.62 Å². The van der Waals surface area contributed by atoms with E-state index in [1.807, 2.05) is 24.3 Å². The van der Waals surface area contributed by atoms with Gasteiger partial charge in [-0.1, -0.05) is 36.4 Å². The van der Waals surface area contributed by atoms with Crippen molar-refractivity contribution in [3.63, 3.8) is 0 Å². The molecule has 1 spiro atoms. The Morgan fingerprint density at radius 1 is 1.00 bits per heavy atom. The normalized spacial score (nSPS) is 21.3. The number of nitrogens with zero attached hydrogens (tertiary/aromatic N) is 1. The molecule has 3 aliphatic rings. The summed E-state index contributed by atoms with van der Waals surface area (Å²) in [6.45, 7) is 0.882. The zero-order valence-corrected chi connectivity index (χ0v) is 28.2. The first-order valence-corrected chi connectivity index (χ1v) is 19.1. The summed E-state index contributed by atoms with van der Waals surface area (Å²) in [5.74, 6) is -0.492. The second kappa shape index (κ2) is 13.8. The summed E-state index contributed by atoms with van der Waals surface area (Å²) in [5, 5.41) is 23.4. The van der Waals surface area contributed by atoms with E-state index in [4.69, 9.17) is 15.2 Å². The predicted octanol–water partition coefficient (Wildman–Crippen LogP) is 2.59. The lowest BCUT2D eigenvalue weighted by molar-refractivity contribution is -0.0312. The van der Waals surface area contributed by atoms with Crippen LogP contribution in [0.2, 0.25) is 0 Å². The molecule has 14 heteroatoms. The number of aliphatic hydroxyl groups is 2. The van der Waals surface area contributed by atoms with Gasteiger partial charge < -0.3 is 30.7 Å². The van der Waals surface area contributed by atoms with Crippen LogP contribution < -0.4 is 15.8 Å². The monoisotopic (exact) mass is 703 g/mol. The van der Waals surface area contributed by atoms with E-state index in [1.54, 1.807) is 18.2 Å². The van der Waals surface area contributed by atoms with Gasteiger partial charge in [0.15, 0.2) is 9.84 Å². The van der Waals surface area contributed by atoms with Crippen LogP contribution in [-0.2, 0) is 31.1 Å². The standard InChI is InChI=1S/C34H42FN3O8S2/c35-31-9-8-26(25-6-4-24(19-36)5-7-25)16-32(31)48(43,44)38-14-12-33(13-15-38)18-27(21-46-33)37-20-28(40)22-45-29-2-1-3-30(17-29)47(41,42)34(23-39)10-11-34/h1-9,16-17,27-28,37,39-40H,10-15,18-23,36H2/t27-,28?/m1/s1. The Kier molecular flexibility index (Phi) is 10.00. The first-order chi connectivity index (χ1) is 22.9. The third-order valence-corrected chi connectivity index (χ3v) is 14.2. The molecule has 11 nitrogen and oxygen atoms in total. The molecule has 0 radical (unpaired) electrons. The lowest BCUT2D eigenvalue weighted by Gasteiger charge is -2.38. The van der Waals surface area contributed by atoms with Gasteiger partial charge >= 0.3 is 0 Å². The van der Waals surface area contributed by atoms with Crippen LogP contribution in [0, 0.1) is 5.82 Å². The maximum Gasteiger partial charge on any atom is 0.246 e. The number of hydrogen-bond acceptors (Lipinski definition) is 10. The van der Waals surface area contributed by atoms with Gasteiger partial charge in [-0.05, 0) is 79.1 Å². The number of aliphatic hydroxyl groups excluding tert-OH is 2. The molecule has 1 saturated carbocycles. The van der Waals surface area contributed by atoms with Gasteiger partial charge in [0.05, 0.1) is 28.5 Å². The molecule has 2 saturated heterocycles. The van der Waals surface area contributed by atoms with Gasteiger partial charge in [-0.3, -0.25) is 0 Å². The zero-order chi connectivity index (χ0) is 34.2. The Morgan fingerprint density at radius 3 is 2.38 bits per heavy atom. The van der Waals surface area contributed by atoms with Crippen LogP contribution in [0.3, 0.4) is 0 Å². The van der Waals surface area contributed by atoms with Crippen LogP contribution in [0.25, 0.3) is 11.1 Å². The molecule has 6 rings (SSSR count). The van der Waals surface area contributed by atoms with E-state index >= 15 is 0 Å². The minimum absolute atomic E-state index is 0.0655. The molecule has 2 aliphatic heterocycles. The second-order valence-corrected chi connectivity index (χ2v) is 17.3. The summed E-state index contributed by atoms with van der Waals surface area (Å²) in [7, 11) is -7.78. The van der Waals surface area contributed by atoms with E-state index in [0.29, 0.717) is 56.6 Å². The largest absolute Gasteiger partial charge is 0.491 e. The molecule has 1 aliphatic carbocycles. The van der Waals surface area contributed by atoms with Crippen molar-refractivity contribution < 1.29 is 40.9 Å². The minimum Gasteiger partial charge on any atom is -0.491 e. The van der Waals surface area contributed by atoms with Crippen molar-refractivity contribution in [3.05, 3.63) is 78.1 Å². The van der Waals surface area contributed by atoms with Crippen LogP contribution in [0.4, 0.5) is 4.39 Å². The fourth-order valence-corrected chi connectivity index (χ4v) is 9.87. The summed E-state index contributed by atoms with van der Waals surface area (Å²) in [4.78, 5) is -0.272. The van der Waals surface area contributed by atoms with Crippen molar-refractivity contribution in [2.75, 3.05) is 39.5 Å². The lowest BCUT2D eigenvalue weighted by Crippen LogP contribution is -2.47. The molecule has 0 bridgehead atoms. The molecular weight excluding hydrogens is 662 g/mol. The molecule has 260 valence electrons. The van der Waals surface area contributed by atoms with E-state index in [9.17, 15) is 31.4 Å². The van der Waals surface area contributed by atoms with Gasteiger partial charge in [0, 0.05) is 32.2 Å². The fourth-order valence-electron chi connectivity index (χ4n) is 6.50. The van der Waals surface area contributed by atoms with Crippen molar-refractivity contribution in [2.45, 2.75) is 70.9 Å². The number of ether oxygens (including phenoxy) is 2. The van der Waals surface area contributed by atoms with Gasteiger partial charge in [-0.25, -0.2) is 21.2 Å². The summed E-state index contributed by atoms with van der Waals surface area (Å²) in [5.41, 5.74) is 7.46. The molecule has 3 aromatic carbocycles. The summed E-state index contributed by atoms with van der Waals surface area (Å²) < 4.78 is 79.9. The van der Waals surface area contributed by atoms with Gasteiger partial charge in [-0.2, -0.15) is 4.31 Å². The van der Waals surface area contributed by atoms with Crippen LogP contribution in [0.5, 0.6) is 5.75 Å². The lowest BCUT2D eigenvalue weighted by atomic mass is 9.88. The number of rotatable bonds is 13. The summed E-state index contributed by atoms with van der Waals surface area (Å²) in [6.07, 6.45) is 1.50. The first kappa shape index (κ1) is 34.9. The Bertz CT molecular complexity index is 1830. The highest BCUT2D eigenvalue weighted by Gasteiger charge is 2.54. The van der Waals surface area contributed by atoms with Crippen molar-refractivity contribution >= 4 is 19.9 Å². The molecule has 48 heavy (non-hydrogen) atoms. The van der Waals surface area contributed by atoms with Crippen molar-refractivity contribution in [2.24, 2.45) is 5.73 Å². The van der Waals surface area contributed by atoms with Gasteiger partial charge in [0.2, 0.25) is 10.0 Å². The minimum atomic E-state index is -4.09. The van der Waals surface area contributed by atoms with E-state index in [0.717, 1.165) is 11.1 Å². The number of nitrogens with one attached hydrogen (secondary N) is 1. The topological polar surface area (TPSA) is 168 Å². The van der Waals surface area contributed by atoms with Gasteiger partial charge in [0.1, 0.15) is 29.2 Å². The smallest absolute Gasteiger partial charge is 0.246 e. The number of halogens is 1. The molecule has 2 heterocycles. The van der Waals surface area contributed by atoms with E-state index in [-0.39, 0.29) is 42.1 Å². The maximum atomic E-state index is 14.9. The fraction of sp³-hybridized carbons (Fsp3) is 0.471. The maximum absolute atomic E-state index is 14.9. The Balaban J connectivity index is 0.990. The Morgan fingerprint density at radius 2 is 1.71 bits per heavy atom. The number of nitrogens with two attached hydrogens (primary N) is 1. The van der Waals surface area contributed by atoms with Gasteiger partial charge in [-0.15, -0.1) is 0 Å². The van der Waals surface area contributed by atoms with Crippen LogP contribution in [0.1, 0.15) is 37.7 Å². The SMILES string of the molecule is NCc1ccc(-c2ccc(F)c(S(=O)(=O)N3CCC4(CC3)C[C@@H](NCC(O)COc3cccc(S(=O)(=O)C5(CO)CC5)c3)CO4)c2)cc1. The predicted molar refractivity (Wildman–Crippen MR) is 177 cm³/mol. The van der Waals surface area contributed by atoms with Crippen LogP contribution in [0.15, 0.2) is 76.5 Å². The second-order valence-electron chi connectivity index (χ2n) is 13.0. The van der Waals surface area contributed by atoms with Gasteiger partial charge in [0.25, 0.3) is 0 Å². The van der Waals surface area contributed by atoms with Crippen LogP contribution >= 0.6 is 0 Å². The number of piperidine rings is 1. The molecule has 5 N–H and O–H groups in total. The third-order valence-electron chi connectivity index (χ3n) is 9.78. The molecule has 2 atom stereocenters. The average molecular weight is 704 g/mol. The number of hydrogen-bond donors (Lipinski definition) is 4. The Labute approximate surface area is 280 Å². The summed E-state index contributed by atoms with van der Waals surface area (Å²) in [6, 6.07) is 17.5. The van der Waals surface area contributed by atoms with Crippen molar-refractivity contribution in [3.8, 4) is 16.9 Å². The highest BCUT2D eigenvalue weighted by Crippen LogP contribution is 2.46. The van der Waals surface area contributed by atoms with E-state index in [1.165, 1.54) is 28.6 Å². The molecule has 1 unspecified atom stereocenters. The molecule has 3 aromatic rings. The Hall–Kier alpha value is -2.95. The molecule has 3 fully saturated rings. The van der Waals surface area contributed by atoms with Crippen LogP contribution in [-0.4, -0.2) is 93.3 Å². The number of sulfonamides is 1. The molecule has 0 amide bonds. The van der Waals surface area contributed by atoms with E-state index < -0.39 is 48.7 Å².